The maximum absolute atomic E-state index is 11.1. The van der Waals surface area contributed by atoms with Gasteiger partial charge in [0.1, 0.15) is 0 Å². The number of imidazole rings is 1. The maximum atomic E-state index is 11.1. The molecule has 2 heterocycles. The number of aromatic nitrogens is 2. The molecule has 0 spiro atoms. The molecule has 1 aromatic heterocycles. The summed E-state index contributed by atoms with van der Waals surface area (Å²) in [5.41, 5.74) is 0. The van der Waals surface area contributed by atoms with Crippen LogP contribution >= 0.6 is 0 Å². The number of nitrogens with zero attached hydrogens (tertiary/aromatic N) is 4. The minimum absolute atomic E-state index is 0.162. The number of hydrogen-bond acceptors (Lipinski definition) is 3. The lowest BCUT2D eigenvalue weighted by atomic mass is 10.3. The second kappa shape index (κ2) is 3.92. The molecule has 0 unspecified atom stereocenters. The fourth-order valence-electron chi connectivity index (χ4n) is 1.88. The van der Waals surface area contributed by atoms with E-state index in [1.165, 1.54) is 0 Å². The summed E-state index contributed by atoms with van der Waals surface area (Å²) in [5, 5.41) is 0. The molecular weight excluding hydrogens is 192 g/mol. The van der Waals surface area contributed by atoms with Gasteiger partial charge in [0.25, 0.3) is 0 Å². The Kier molecular flexibility index (Phi) is 2.62. The van der Waals surface area contributed by atoms with Crippen LogP contribution in [-0.4, -0.2) is 46.5 Å². The molecule has 1 aliphatic rings. The van der Waals surface area contributed by atoms with Gasteiger partial charge in [0.2, 0.25) is 11.9 Å². The Hall–Kier alpha value is -1.52. The standard InChI is InChI=1S/C10H16N4O/c1-9(15)13-5-7-14(8-6-13)10-11-3-4-12(10)2/h3-4H,5-8H2,1-2H3. The highest BCUT2D eigenvalue weighted by Gasteiger charge is 2.20. The van der Waals surface area contributed by atoms with Crippen LogP contribution in [0, 0.1) is 0 Å². The van der Waals surface area contributed by atoms with Gasteiger partial charge in [0.05, 0.1) is 0 Å². The lowest BCUT2D eigenvalue weighted by molar-refractivity contribution is -0.129. The molecule has 5 heteroatoms. The van der Waals surface area contributed by atoms with Gasteiger partial charge in [-0.15, -0.1) is 0 Å². The van der Waals surface area contributed by atoms with E-state index < -0.39 is 0 Å². The van der Waals surface area contributed by atoms with E-state index in [0.717, 1.165) is 32.1 Å². The third-order valence-electron chi connectivity index (χ3n) is 2.80. The first-order chi connectivity index (χ1) is 7.18. The number of carbonyl (C=O) groups excluding carboxylic acids is 1. The normalized spacial score (nSPS) is 16.9. The lowest BCUT2D eigenvalue weighted by Crippen LogP contribution is -2.48. The van der Waals surface area contributed by atoms with E-state index in [1.54, 1.807) is 13.1 Å². The molecule has 1 amide bonds. The Labute approximate surface area is 89.3 Å². The van der Waals surface area contributed by atoms with Crippen molar-refractivity contribution in [2.45, 2.75) is 6.92 Å². The molecule has 15 heavy (non-hydrogen) atoms. The number of hydrogen-bond donors (Lipinski definition) is 0. The smallest absolute Gasteiger partial charge is 0.219 e. The molecule has 82 valence electrons. The summed E-state index contributed by atoms with van der Waals surface area (Å²) >= 11 is 0. The van der Waals surface area contributed by atoms with Crippen LogP contribution in [0.5, 0.6) is 0 Å². The Morgan fingerprint density at radius 3 is 2.47 bits per heavy atom. The number of rotatable bonds is 1. The summed E-state index contributed by atoms with van der Waals surface area (Å²) in [5.74, 6) is 1.15. The van der Waals surface area contributed by atoms with Gasteiger partial charge < -0.3 is 14.4 Å². The van der Waals surface area contributed by atoms with Crippen molar-refractivity contribution in [3.63, 3.8) is 0 Å². The summed E-state index contributed by atoms with van der Waals surface area (Å²) in [6.07, 6.45) is 3.74. The monoisotopic (exact) mass is 208 g/mol. The average Bonchev–Trinajstić information content (AvgIpc) is 2.65. The minimum atomic E-state index is 0.162. The second-order valence-electron chi connectivity index (χ2n) is 3.83. The SMILES string of the molecule is CC(=O)N1CCN(c2nccn2C)CC1. The topological polar surface area (TPSA) is 41.4 Å². The first-order valence-electron chi connectivity index (χ1n) is 5.16. The summed E-state index contributed by atoms with van der Waals surface area (Å²) in [7, 11) is 1.99. The van der Waals surface area contributed by atoms with E-state index in [2.05, 4.69) is 9.88 Å². The molecule has 0 saturated carbocycles. The average molecular weight is 208 g/mol. The largest absolute Gasteiger partial charge is 0.339 e. The summed E-state index contributed by atoms with van der Waals surface area (Å²) in [6.45, 7) is 4.94. The van der Waals surface area contributed by atoms with E-state index in [9.17, 15) is 4.79 Å². The van der Waals surface area contributed by atoms with Crippen molar-refractivity contribution in [3.8, 4) is 0 Å². The molecule has 1 saturated heterocycles. The van der Waals surface area contributed by atoms with Crippen LogP contribution in [0.3, 0.4) is 0 Å². The number of piperazine rings is 1. The fourth-order valence-corrected chi connectivity index (χ4v) is 1.88. The molecular formula is C10H16N4O. The van der Waals surface area contributed by atoms with Crippen molar-refractivity contribution in [3.05, 3.63) is 12.4 Å². The maximum Gasteiger partial charge on any atom is 0.219 e. The summed E-state index contributed by atoms with van der Waals surface area (Å²) in [6, 6.07) is 0. The Balaban J connectivity index is 2.00. The van der Waals surface area contributed by atoms with Crippen molar-refractivity contribution < 1.29 is 4.79 Å². The van der Waals surface area contributed by atoms with E-state index in [-0.39, 0.29) is 5.91 Å². The highest BCUT2D eigenvalue weighted by atomic mass is 16.2. The van der Waals surface area contributed by atoms with Crippen LogP contribution in [0.1, 0.15) is 6.92 Å². The first-order valence-corrected chi connectivity index (χ1v) is 5.16. The van der Waals surface area contributed by atoms with Crippen molar-refractivity contribution in [1.29, 1.82) is 0 Å². The van der Waals surface area contributed by atoms with Crippen LogP contribution in [-0.2, 0) is 11.8 Å². The van der Waals surface area contributed by atoms with Crippen molar-refractivity contribution in [2.24, 2.45) is 7.05 Å². The quantitative estimate of drug-likeness (QED) is 0.656. The predicted octanol–water partition coefficient (Wildman–Crippen LogP) is 0.0886. The molecule has 0 atom stereocenters. The summed E-state index contributed by atoms with van der Waals surface area (Å²) < 4.78 is 2.00. The van der Waals surface area contributed by atoms with Gasteiger partial charge in [-0.25, -0.2) is 4.98 Å². The highest BCUT2D eigenvalue weighted by molar-refractivity contribution is 5.73. The molecule has 0 radical (unpaired) electrons. The molecule has 5 nitrogen and oxygen atoms in total. The van der Waals surface area contributed by atoms with E-state index >= 15 is 0 Å². The first kappa shape index (κ1) is 10.0. The van der Waals surface area contributed by atoms with Gasteiger partial charge in [-0.3, -0.25) is 4.79 Å². The van der Waals surface area contributed by atoms with Gasteiger partial charge >= 0.3 is 0 Å². The number of amides is 1. The molecule has 0 aromatic carbocycles. The zero-order chi connectivity index (χ0) is 10.8. The van der Waals surface area contributed by atoms with Crippen molar-refractivity contribution in [1.82, 2.24) is 14.5 Å². The van der Waals surface area contributed by atoms with E-state index in [1.807, 2.05) is 22.7 Å². The highest BCUT2D eigenvalue weighted by Crippen LogP contribution is 2.12. The van der Waals surface area contributed by atoms with Crippen LogP contribution < -0.4 is 4.90 Å². The Bertz CT molecular complexity index is 352. The van der Waals surface area contributed by atoms with E-state index in [0.29, 0.717) is 0 Å². The zero-order valence-corrected chi connectivity index (χ0v) is 9.18. The third kappa shape index (κ3) is 1.95. The van der Waals surface area contributed by atoms with Gasteiger partial charge in [0.15, 0.2) is 0 Å². The van der Waals surface area contributed by atoms with Crippen LogP contribution in [0.15, 0.2) is 12.4 Å². The zero-order valence-electron chi connectivity index (χ0n) is 9.18. The van der Waals surface area contributed by atoms with Gasteiger partial charge in [0, 0.05) is 52.5 Å². The number of anilines is 1. The molecule has 1 fully saturated rings. The Morgan fingerprint density at radius 2 is 2.00 bits per heavy atom. The fraction of sp³-hybridized carbons (Fsp3) is 0.600. The number of aryl methyl sites for hydroxylation is 1. The molecule has 2 rings (SSSR count). The van der Waals surface area contributed by atoms with Crippen LogP contribution in [0.2, 0.25) is 0 Å². The molecule has 1 aromatic rings. The van der Waals surface area contributed by atoms with Gasteiger partial charge in [-0.05, 0) is 0 Å². The van der Waals surface area contributed by atoms with Crippen molar-refractivity contribution in [2.75, 3.05) is 31.1 Å². The van der Waals surface area contributed by atoms with Gasteiger partial charge in [-0.2, -0.15) is 0 Å². The second-order valence-corrected chi connectivity index (χ2v) is 3.83. The minimum Gasteiger partial charge on any atom is -0.339 e. The predicted molar refractivity (Wildman–Crippen MR) is 57.7 cm³/mol. The molecule has 0 aliphatic carbocycles. The summed E-state index contributed by atoms with van der Waals surface area (Å²) in [4.78, 5) is 19.5. The third-order valence-corrected chi connectivity index (χ3v) is 2.80. The van der Waals surface area contributed by atoms with Gasteiger partial charge in [-0.1, -0.05) is 0 Å². The van der Waals surface area contributed by atoms with Crippen LogP contribution in [0.4, 0.5) is 5.95 Å². The number of carbonyl (C=O) groups is 1. The van der Waals surface area contributed by atoms with E-state index in [4.69, 9.17) is 0 Å². The van der Waals surface area contributed by atoms with Crippen LogP contribution in [0.25, 0.3) is 0 Å². The van der Waals surface area contributed by atoms with Crippen molar-refractivity contribution >= 4 is 11.9 Å². The Morgan fingerprint density at radius 1 is 1.33 bits per heavy atom. The molecule has 0 bridgehead atoms. The molecule has 1 aliphatic heterocycles. The lowest BCUT2D eigenvalue weighted by Gasteiger charge is -2.34. The molecule has 0 N–H and O–H groups in total.